The fraction of sp³-hybridized carbons (Fsp3) is 1.00. The highest BCUT2D eigenvalue weighted by Gasteiger charge is 2.48. The minimum Gasteiger partial charge on any atom is -0.393 e. The van der Waals surface area contributed by atoms with Crippen molar-refractivity contribution in [2.75, 3.05) is 19.8 Å². The van der Waals surface area contributed by atoms with Crippen molar-refractivity contribution in [2.24, 2.45) is 5.92 Å². The number of hydrogen-bond donors (Lipinski definition) is 1. The highest BCUT2D eigenvalue weighted by atomic mass is 16.7. The van der Waals surface area contributed by atoms with E-state index >= 15 is 0 Å². The number of hydrogen-bond acceptors (Lipinski definition) is 5. The minimum absolute atomic E-state index is 0.173. The Morgan fingerprint density at radius 3 is 2.05 bits per heavy atom. The van der Waals surface area contributed by atoms with E-state index in [4.69, 9.17) is 18.9 Å². The first-order valence-corrected chi connectivity index (χ1v) is 8.47. The van der Waals surface area contributed by atoms with Crippen LogP contribution in [-0.4, -0.2) is 48.7 Å². The first-order chi connectivity index (χ1) is 10.2. The molecule has 2 spiro atoms. The number of aliphatic hydroxyl groups excluding tert-OH is 1. The van der Waals surface area contributed by atoms with Crippen LogP contribution in [-0.2, 0) is 18.9 Å². The van der Waals surface area contributed by atoms with Gasteiger partial charge >= 0.3 is 0 Å². The molecule has 21 heavy (non-hydrogen) atoms. The predicted octanol–water partition coefficient (Wildman–Crippen LogP) is 1.97. The Morgan fingerprint density at radius 1 is 0.762 bits per heavy atom. The summed E-state index contributed by atoms with van der Waals surface area (Å²) in [6.45, 7) is 2.17. The van der Waals surface area contributed by atoms with E-state index in [2.05, 4.69) is 0 Å². The molecule has 4 rings (SSSR count). The summed E-state index contributed by atoms with van der Waals surface area (Å²) in [5.74, 6) is -0.142. The van der Waals surface area contributed by atoms with Crippen LogP contribution in [0.25, 0.3) is 0 Å². The average molecular weight is 298 g/mol. The molecule has 2 aliphatic carbocycles. The van der Waals surface area contributed by atoms with Crippen molar-refractivity contribution in [3.8, 4) is 0 Å². The standard InChI is InChI=1S/C16H26O5/c17-13-3-7-16(8-4-13)20-11-14(21-16)12-1-5-15(6-2-12)18-9-10-19-15/h12-14,17H,1-11H2. The normalized spacial score (nSPS) is 39.3. The third kappa shape index (κ3) is 2.75. The predicted molar refractivity (Wildman–Crippen MR) is 74.6 cm³/mol. The van der Waals surface area contributed by atoms with E-state index in [9.17, 15) is 5.11 Å². The fourth-order valence-corrected chi connectivity index (χ4v) is 4.35. The third-order valence-corrected chi connectivity index (χ3v) is 5.73. The van der Waals surface area contributed by atoms with Crippen LogP contribution in [0.1, 0.15) is 51.4 Å². The molecule has 0 radical (unpaired) electrons. The van der Waals surface area contributed by atoms with Gasteiger partial charge in [-0.05, 0) is 31.6 Å². The lowest BCUT2D eigenvalue weighted by atomic mass is 9.82. The Morgan fingerprint density at radius 2 is 1.38 bits per heavy atom. The van der Waals surface area contributed by atoms with Crippen molar-refractivity contribution in [3.63, 3.8) is 0 Å². The second kappa shape index (κ2) is 5.46. The maximum absolute atomic E-state index is 9.65. The van der Waals surface area contributed by atoms with Gasteiger partial charge < -0.3 is 24.1 Å². The molecule has 0 amide bonds. The Balaban J connectivity index is 1.32. The molecule has 0 aromatic carbocycles. The van der Waals surface area contributed by atoms with Crippen molar-refractivity contribution in [1.29, 1.82) is 0 Å². The van der Waals surface area contributed by atoms with E-state index in [-0.39, 0.29) is 18.0 Å². The van der Waals surface area contributed by atoms with E-state index in [1.807, 2.05) is 0 Å². The van der Waals surface area contributed by atoms with Crippen molar-refractivity contribution < 1.29 is 24.1 Å². The number of rotatable bonds is 1. The maximum atomic E-state index is 9.65. The van der Waals surface area contributed by atoms with Gasteiger partial charge in [-0.2, -0.15) is 0 Å². The summed E-state index contributed by atoms with van der Waals surface area (Å²) in [4.78, 5) is 0. The molecule has 2 aliphatic heterocycles. The van der Waals surface area contributed by atoms with Crippen LogP contribution in [0.4, 0.5) is 0 Å². The lowest BCUT2D eigenvalue weighted by molar-refractivity contribution is -0.211. The summed E-state index contributed by atoms with van der Waals surface area (Å²) in [5, 5.41) is 9.65. The molecule has 5 nitrogen and oxygen atoms in total. The molecule has 1 atom stereocenters. The van der Waals surface area contributed by atoms with E-state index in [1.54, 1.807) is 0 Å². The second-order valence-electron chi connectivity index (χ2n) is 7.05. The SMILES string of the molecule is OC1CCC2(CC1)OCC(C1CCC3(CC1)OCCO3)O2. The zero-order valence-corrected chi connectivity index (χ0v) is 12.6. The van der Waals surface area contributed by atoms with Crippen LogP contribution in [0.15, 0.2) is 0 Å². The van der Waals surface area contributed by atoms with Gasteiger partial charge in [0.25, 0.3) is 0 Å². The fourth-order valence-electron chi connectivity index (χ4n) is 4.35. The van der Waals surface area contributed by atoms with Gasteiger partial charge in [-0.1, -0.05) is 0 Å². The molecule has 1 unspecified atom stereocenters. The quantitative estimate of drug-likeness (QED) is 0.802. The topological polar surface area (TPSA) is 57.2 Å². The van der Waals surface area contributed by atoms with Crippen LogP contribution in [0.3, 0.4) is 0 Å². The highest BCUT2D eigenvalue weighted by Crippen LogP contribution is 2.45. The molecule has 0 bridgehead atoms. The Bertz CT molecular complexity index is 361. The molecule has 4 aliphatic rings. The molecule has 120 valence electrons. The Labute approximate surface area is 125 Å². The Kier molecular flexibility index (Phi) is 3.74. The molecule has 2 heterocycles. The lowest BCUT2D eigenvalue weighted by Gasteiger charge is -2.38. The van der Waals surface area contributed by atoms with Gasteiger partial charge in [-0.3, -0.25) is 0 Å². The monoisotopic (exact) mass is 298 g/mol. The van der Waals surface area contributed by atoms with Gasteiger partial charge in [0.2, 0.25) is 0 Å². The Hall–Kier alpha value is -0.200. The summed E-state index contributed by atoms with van der Waals surface area (Å²) in [7, 11) is 0. The summed E-state index contributed by atoms with van der Waals surface area (Å²) < 4.78 is 23.9. The molecule has 1 N–H and O–H groups in total. The molecular weight excluding hydrogens is 272 g/mol. The van der Waals surface area contributed by atoms with Gasteiger partial charge in [-0.15, -0.1) is 0 Å². The van der Waals surface area contributed by atoms with Crippen LogP contribution < -0.4 is 0 Å². The van der Waals surface area contributed by atoms with Crippen molar-refractivity contribution in [3.05, 3.63) is 0 Å². The van der Waals surface area contributed by atoms with E-state index in [0.29, 0.717) is 12.5 Å². The van der Waals surface area contributed by atoms with Gasteiger partial charge in [-0.25, -0.2) is 0 Å². The maximum Gasteiger partial charge on any atom is 0.169 e. The van der Waals surface area contributed by atoms with Crippen LogP contribution in [0.5, 0.6) is 0 Å². The summed E-state index contributed by atoms with van der Waals surface area (Å²) in [5.41, 5.74) is 0. The van der Waals surface area contributed by atoms with E-state index in [1.165, 1.54) is 0 Å². The van der Waals surface area contributed by atoms with Crippen LogP contribution in [0, 0.1) is 5.92 Å². The zero-order valence-electron chi connectivity index (χ0n) is 12.6. The lowest BCUT2D eigenvalue weighted by Crippen LogP contribution is -2.40. The highest BCUT2D eigenvalue weighted by molar-refractivity contribution is 4.91. The first-order valence-electron chi connectivity index (χ1n) is 8.47. The summed E-state index contributed by atoms with van der Waals surface area (Å²) in [6, 6.07) is 0. The minimum atomic E-state index is -0.403. The van der Waals surface area contributed by atoms with Crippen LogP contribution >= 0.6 is 0 Å². The molecule has 4 fully saturated rings. The van der Waals surface area contributed by atoms with Gasteiger partial charge in [0.1, 0.15) is 0 Å². The average Bonchev–Trinajstić information content (AvgIpc) is 3.12. The first kappa shape index (κ1) is 14.4. The van der Waals surface area contributed by atoms with Crippen molar-refractivity contribution in [1.82, 2.24) is 0 Å². The van der Waals surface area contributed by atoms with Crippen molar-refractivity contribution >= 4 is 0 Å². The van der Waals surface area contributed by atoms with Crippen LogP contribution in [0.2, 0.25) is 0 Å². The molecule has 5 heteroatoms. The molecule has 0 aromatic rings. The van der Waals surface area contributed by atoms with Crippen molar-refractivity contribution in [2.45, 2.75) is 75.1 Å². The zero-order chi connectivity index (χ0) is 14.3. The third-order valence-electron chi connectivity index (χ3n) is 5.73. The number of aliphatic hydroxyl groups is 1. The molecule has 2 saturated heterocycles. The number of ether oxygens (including phenoxy) is 4. The summed E-state index contributed by atoms with van der Waals surface area (Å²) >= 11 is 0. The molecule has 0 aromatic heterocycles. The van der Waals surface area contributed by atoms with Gasteiger partial charge in [0.15, 0.2) is 11.6 Å². The second-order valence-corrected chi connectivity index (χ2v) is 7.05. The van der Waals surface area contributed by atoms with Gasteiger partial charge in [0.05, 0.1) is 32.0 Å². The van der Waals surface area contributed by atoms with E-state index < -0.39 is 5.79 Å². The summed E-state index contributed by atoms with van der Waals surface area (Å²) in [6.07, 6.45) is 7.41. The smallest absolute Gasteiger partial charge is 0.169 e. The largest absolute Gasteiger partial charge is 0.393 e. The molecule has 2 saturated carbocycles. The van der Waals surface area contributed by atoms with E-state index in [0.717, 1.165) is 64.6 Å². The molecular formula is C16H26O5. The van der Waals surface area contributed by atoms with Gasteiger partial charge in [0, 0.05) is 25.7 Å².